The van der Waals surface area contributed by atoms with Crippen molar-refractivity contribution in [2.75, 3.05) is 26.4 Å². The number of ether oxygens (including phenoxy) is 2. The van der Waals surface area contributed by atoms with Crippen LogP contribution >= 0.6 is 0 Å². The molecule has 1 aliphatic heterocycles. The molecule has 1 fully saturated rings. The molecule has 0 spiro atoms. The summed E-state index contributed by atoms with van der Waals surface area (Å²) in [7, 11) is 0. The first-order valence-electron chi connectivity index (χ1n) is 7.25. The predicted molar refractivity (Wildman–Crippen MR) is 79.4 cm³/mol. The van der Waals surface area contributed by atoms with Gasteiger partial charge in [0, 0.05) is 19.6 Å². The van der Waals surface area contributed by atoms with Gasteiger partial charge in [0.15, 0.2) is 0 Å². The molecule has 1 atom stereocenters. The highest BCUT2D eigenvalue weighted by atomic mass is 16.5. The van der Waals surface area contributed by atoms with Crippen LogP contribution in [0.2, 0.25) is 0 Å². The zero-order valence-electron chi connectivity index (χ0n) is 12.6. The van der Waals surface area contributed by atoms with Gasteiger partial charge in [0.25, 0.3) is 0 Å². The van der Waals surface area contributed by atoms with Crippen molar-refractivity contribution < 1.29 is 19.4 Å². The van der Waals surface area contributed by atoms with Crippen molar-refractivity contribution in [3.8, 4) is 5.75 Å². The highest BCUT2D eigenvalue weighted by molar-refractivity contribution is 5.76. The summed E-state index contributed by atoms with van der Waals surface area (Å²) in [5.74, 6) is 0.646. The summed E-state index contributed by atoms with van der Waals surface area (Å²) in [6.07, 6.45) is 0.830. The van der Waals surface area contributed by atoms with Crippen LogP contribution < -0.4 is 10.1 Å². The van der Waals surface area contributed by atoms with Gasteiger partial charge in [0.2, 0.25) is 5.91 Å². The Morgan fingerprint density at radius 1 is 1.43 bits per heavy atom. The molecule has 1 heterocycles. The molecule has 1 aromatic carbocycles. The Bertz CT molecular complexity index is 495. The van der Waals surface area contributed by atoms with E-state index in [0.717, 1.165) is 5.75 Å². The number of aliphatic hydroxyl groups is 1. The van der Waals surface area contributed by atoms with Gasteiger partial charge in [0.1, 0.15) is 11.4 Å². The van der Waals surface area contributed by atoms with E-state index in [4.69, 9.17) is 9.47 Å². The van der Waals surface area contributed by atoms with Crippen LogP contribution in [-0.4, -0.2) is 43.0 Å². The average molecular weight is 293 g/mol. The summed E-state index contributed by atoms with van der Waals surface area (Å²) in [6, 6.07) is 5.87. The predicted octanol–water partition coefficient (Wildman–Crippen LogP) is 1.34. The molecule has 1 aromatic rings. The van der Waals surface area contributed by atoms with Crippen molar-refractivity contribution in [2.45, 2.75) is 32.3 Å². The third kappa shape index (κ3) is 4.72. The fraction of sp³-hybridized carbons (Fsp3) is 0.562. The highest BCUT2D eigenvalue weighted by Gasteiger charge is 2.32. The van der Waals surface area contributed by atoms with Crippen LogP contribution in [0.3, 0.4) is 0 Å². The van der Waals surface area contributed by atoms with Crippen molar-refractivity contribution in [1.82, 2.24) is 5.32 Å². The van der Waals surface area contributed by atoms with Gasteiger partial charge in [-0.15, -0.1) is 0 Å². The summed E-state index contributed by atoms with van der Waals surface area (Å²) in [4.78, 5) is 11.7. The number of rotatable bonds is 6. The summed E-state index contributed by atoms with van der Waals surface area (Å²) in [5, 5.41) is 12.8. The van der Waals surface area contributed by atoms with Gasteiger partial charge >= 0.3 is 0 Å². The molecule has 116 valence electrons. The lowest BCUT2D eigenvalue weighted by Crippen LogP contribution is -2.43. The Labute approximate surface area is 125 Å². The normalized spacial score (nSPS) is 21.3. The fourth-order valence-electron chi connectivity index (χ4n) is 2.15. The lowest BCUT2D eigenvalue weighted by Gasteiger charge is -2.20. The Morgan fingerprint density at radius 2 is 2.24 bits per heavy atom. The van der Waals surface area contributed by atoms with Gasteiger partial charge in [-0.3, -0.25) is 4.79 Å². The quantitative estimate of drug-likeness (QED) is 0.830. The third-order valence-electron chi connectivity index (χ3n) is 3.77. The maximum atomic E-state index is 11.7. The standard InChI is InChI=1S/C16H23NO4/c1-12-3-4-14(9-13(12)2)21-7-5-15(18)17-10-16(19)6-8-20-11-16/h3-4,9,19H,5-8,10-11H2,1-2H3,(H,17,18). The van der Waals surface area contributed by atoms with Crippen LogP contribution in [-0.2, 0) is 9.53 Å². The maximum absolute atomic E-state index is 11.7. The molecule has 5 nitrogen and oxygen atoms in total. The van der Waals surface area contributed by atoms with Crippen LogP contribution in [0.1, 0.15) is 24.0 Å². The fourth-order valence-corrected chi connectivity index (χ4v) is 2.15. The van der Waals surface area contributed by atoms with Gasteiger partial charge in [-0.25, -0.2) is 0 Å². The van der Waals surface area contributed by atoms with Crippen LogP contribution in [0.5, 0.6) is 5.75 Å². The largest absolute Gasteiger partial charge is 0.493 e. The van der Waals surface area contributed by atoms with Gasteiger partial charge < -0.3 is 19.9 Å². The molecule has 1 amide bonds. The number of benzene rings is 1. The molecule has 2 N–H and O–H groups in total. The van der Waals surface area contributed by atoms with E-state index >= 15 is 0 Å². The molecule has 21 heavy (non-hydrogen) atoms. The van der Waals surface area contributed by atoms with Crippen LogP contribution in [0.15, 0.2) is 18.2 Å². The summed E-state index contributed by atoms with van der Waals surface area (Å²) >= 11 is 0. The van der Waals surface area contributed by atoms with E-state index in [1.807, 2.05) is 32.0 Å². The Balaban J connectivity index is 1.68. The van der Waals surface area contributed by atoms with Gasteiger partial charge in [-0.1, -0.05) is 6.07 Å². The van der Waals surface area contributed by atoms with Crippen LogP contribution in [0.25, 0.3) is 0 Å². The minimum Gasteiger partial charge on any atom is -0.493 e. The SMILES string of the molecule is Cc1ccc(OCCC(=O)NCC2(O)CCOC2)cc1C. The smallest absolute Gasteiger partial charge is 0.223 e. The topological polar surface area (TPSA) is 67.8 Å². The van der Waals surface area contributed by atoms with Crippen molar-refractivity contribution in [2.24, 2.45) is 0 Å². The van der Waals surface area contributed by atoms with E-state index in [-0.39, 0.29) is 25.5 Å². The summed E-state index contributed by atoms with van der Waals surface area (Å²) < 4.78 is 10.7. The third-order valence-corrected chi connectivity index (χ3v) is 3.77. The molecule has 0 radical (unpaired) electrons. The minimum absolute atomic E-state index is 0.126. The molecule has 5 heteroatoms. The molecule has 1 saturated heterocycles. The molecular formula is C16H23NO4. The molecule has 1 unspecified atom stereocenters. The van der Waals surface area contributed by atoms with Crippen molar-refractivity contribution >= 4 is 5.91 Å². The van der Waals surface area contributed by atoms with E-state index < -0.39 is 5.60 Å². The van der Waals surface area contributed by atoms with Gasteiger partial charge in [-0.05, 0) is 37.1 Å². The van der Waals surface area contributed by atoms with E-state index in [2.05, 4.69) is 5.32 Å². The molecule has 0 aromatic heterocycles. The van der Waals surface area contributed by atoms with Crippen molar-refractivity contribution in [3.05, 3.63) is 29.3 Å². The van der Waals surface area contributed by atoms with E-state index in [9.17, 15) is 9.90 Å². The maximum Gasteiger partial charge on any atom is 0.223 e. The van der Waals surface area contributed by atoms with Crippen molar-refractivity contribution in [3.63, 3.8) is 0 Å². The number of carbonyl (C=O) groups excluding carboxylic acids is 1. The number of hydrogen-bond acceptors (Lipinski definition) is 4. The monoisotopic (exact) mass is 293 g/mol. The molecular weight excluding hydrogens is 270 g/mol. The summed E-state index contributed by atoms with van der Waals surface area (Å²) in [5.41, 5.74) is 1.47. The Morgan fingerprint density at radius 3 is 2.90 bits per heavy atom. The minimum atomic E-state index is -0.912. The first-order chi connectivity index (χ1) is 9.98. The van der Waals surface area contributed by atoms with Gasteiger partial charge in [0.05, 0.1) is 19.6 Å². The van der Waals surface area contributed by atoms with Gasteiger partial charge in [-0.2, -0.15) is 0 Å². The second-order valence-corrected chi connectivity index (χ2v) is 5.65. The zero-order chi connectivity index (χ0) is 15.3. The van der Waals surface area contributed by atoms with Crippen LogP contribution in [0.4, 0.5) is 0 Å². The molecule has 2 rings (SSSR count). The second-order valence-electron chi connectivity index (χ2n) is 5.65. The first kappa shape index (κ1) is 15.8. The summed E-state index contributed by atoms with van der Waals surface area (Å²) in [6.45, 7) is 5.46. The number of amides is 1. The number of aryl methyl sites for hydroxylation is 2. The Hall–Kier alpha value is -1.59. The van der Waals surface area contributed by atoms with Crippen molar-refractivity contribution in [1.29, 1.82) is 0 Å². The lowest BCUT2D eigenvalue weighted by molar-refractivity contribution is -0.122. The first-order valence-corrected chi connectivity index (χ1v) is 7.25. The molecule has 0 saturated carbocycles. The number of hydrogen-bond donors (Lipinski definition) is 2. The van der Waals surface area contributed by atoms with E-state index in [1.54, 1.807) is 0 Å². The zero-order valence-corrected chi connectivity index (χ0v) is 12.6. The Kier molecular flexibility index (Phi) is 5.20. The lowest BCUT2D eigenvalue weighted by atomic mass is 10.0. The molecule has 0 bridgehead atoms. The van der Waals surface area contributed by atoms with E-state index in [1.165, 1.54) is 11.1 Å². The second kappa shape index (κ2) is 6.91. The molecule has 0 aliphatic carbocycles. The number of nitrogens with one attached hydrogen (secondary N) is 1. The van der Waals surface area contributed by atoms with Crippen LogP contribution in [0, 0.1) is 13.8 Å². The molecule has 1 aliphatic rings. The average Bonchev–Trinajstić information content (AvgIpc) is 2.88. The number of carbonyl (C=O) groups is 1. The highest BCUT2D eigenvalue weighted by Crippen LogP contribution is 2.17. The van der Waals surface area contributed by atoms with E-state index in [0.29, 0.717) is 19.6 Å².